The van der Waals surface area contributed by atoms with Crippen LogP contribution in [0.5, 0.6) is 0 Å². The number of benzene rings is 2. The first-order valence-corrected chi connectivity index (χ1v) is 7.57. The van der Waals surface area contributed by atoms with Gasteiger partial charge < -0.3 is 5.32 Å². The Labute approximate surface area is 135 Å². The van der Waals surface area contributed by atoms with Crippen LogP contribution in [0.25, 0.3) is 0 Å². The number of carbonyl (C=O) groups is 1. The molecular weight excluding hydrogens is 305 g/mol. The van der Waals surface area contributed by atoms with Gasteiger partial charge in [-0.25, -0.2) is 0 Å². The number of halogens is 2. The fourth-order valence-electron chi connectivity index (χ4n) is 2.07. The summed E-state index contributed by atoms with van der Waals surface area (Å²) in [6.45, 7) is 2.69. The van der Waals surface area contributed by atoms with Crippen molar-refractivity contribution in [1.82, 2.24) is 5.32 Å². The van der Waals surface area contributed by atoms with E-state index in [-0.39, 0.29) is 18.2 Å². The molecule has 0 heterocycles. The zero-order chi connectivity index (χ0) is 15.2. The monoisotopic (exact) mass is 321 g/mol. The lowest BCUT2D eigenvalue weighted by Crippen LogP contribution is -2.28. The highest BCUT2D eigenvalue weighted by molar-refractivity contribution is 6.35. The van der Waals surface area contributed by atoms with E-state index in [2.05, 4.69) is 24.4 Å². The molecular formula is C17H17Cl2NO. The van der Waals surface area contributed by atoms with Crippen LogP contribution >= 0.6 is 23.2 Å². The van der Waals surface area contributed by atoms with Crippen molar-refractivity contribution >= 4 is 29.1 Å². The Kier molecular flexibility index (Phi) is 5.66. The predicted molar refractivity (Wildman–Crippen MR) is 88.0 cm³/mol. The van der Waals surface area contributed by atoms with Gasteiger partial charge >= 0.3 is 0 Å². The van der Waals surface area contributed by atoms with Gasteiger partial charge in [-0.15, -0.1) is 0 Å². The molecule has 0 aromatic heterocycles. The van der Waals surface area contributed by atoms with Crippen LogP contribution in [0.15, 0.2) is 48.5 Å². The van der Waals surface area contributed by atoms with Gasteiger partial charge in [0.1, 0.15) is 0 Å². The van der Waals surface area contributed by atoms with Gasteiger partial charge in [0.15, 0.2) is 0 Å². The van der Waals surface area contributed by atoms with E-state index in [4.69, 9.17) is 23.2 Å². The van der Waals surface area contributed by atoms with Gasteiger partial charge in [-0.2, -0.15) is 0 Å². The molecule has 2 aromatic rings. The highest BCUT2D eigenvalue weighted by atomic mass is 35.5. The van der Waals surface area contributed by atoms with E-state index in [1.54, 1.807) is 18.2 Å². The largest absolute Gasteiger partial charge is 0.355 e. The van der Waals surface area contributed by atoms with Crippen molar-refractivity contribution in [3.8, 4) is 0 Å². The maximum atomic E-state index is 12.0. The van der Waals surface area contributed by atoms with Crippen molar-refractivity contribution in [2.75, 3.05) is 6.54 Å². The van der Waals surface area contributed by atoms with E-state index in [1.807, 2.05) is 18.2 Å². The molecule has 0 unspecified atom stereocenters. The molecule has 0 bridgehead atoms. The zero-order valence-corrected chi connectivity index (χ0v) is 13.3. The average Bonchev–Trinajstić information content (AvgIpc) is 2.48. The maximum absolute atomic E-state index is 12.0. The number of amides is 1. The summed E-state index contributed by atoms with van der Waals surface area (Å²) in [5.41, 5.74) is 1.99. The van der Waals surface area contributed by atoms with Crippen LogP contribution in [0.3, 0.4) is 0 Å². The molecule has 0 radical (unpaired) electrons. The lowest BCUT2D eigenvalue weighted by Gasteiger charge is -2.13. The van der Waals surface area contributed by atoms with Gasteiger partial charge in [-0.3, -0.25) is 4.79 Å². The number of nitrogens with one attached hydrogen (secondary N) is 1. The van der Waals surface area contributed by atoms with Crippen molar-refractivity contribution in [2.24, 2.45) is 0 Å². The van der Waals surface area contributed by atoms with Crippen molar-refractivity contribution in [3.05, 3.63) is 69.7 Å². The minimum absolute atomic E-state index is 0.0398. The third kappa shape index (κ3) is 4.76. The molecule has 1 N–H and O–H groups in total. The minimum atomic E-state index is -0.0398. The fraction of sp³-hybridized carbons (Fsp3) is 0.235. The number of hydrogen-bond donors (Lipinski definition) is 1. The van der Waals surface area contributed by atoms with Gasteiger partial charge in [0.05, 0.1) is 6.42 Å². The second-order valence-corrected chi connectivity index (χ2v) is 5.87. The molecule has 0 fully saturated rings. The summed E-state index contributed by atoms with van der Waals surface area (Å²) in [5.74, 6) is 0.234. The predicted octanol–water partition coefficient (Wildman–Crippen LogP) is 4.46. The highest BCUT2D eigenvalue weighted by Gasteiger charge is 2.10. The topological polar surface area (TPSA) is 29.1 Å². The van der Waals surface area contributed by atoms with Crippen molar-refractivity contribution in [2.45, 2.75) is 19.3 Å². The van der Waals surface area contributed by atoms with Crippen LogP contribution in [-0.4, -0.2) is 12.5 Å². The summed E-state index contributed by atoms with van der Waals surface area (Å²) < 4.78 is 0. The van der Waals surface area contributed by atoms with Gasteiger partial charge in [0.25, 0.3) is 0 Å². The van der Waals surface area contributed by atoms with E-state index < -0.39 is 0 Å². The molecule has 0 saturated heterocycles. The van der Waals surface area contributed by atoms with E-state index >= 15 is 0 Å². The molecule has 4 heteroatoms. The molecule has 0 aliphatic carbocycles. The Morgan fingerprint density at radius 1 is 1.14 bits per heavy atom. The Morgan fingerprint density at radius 3 is 2.52 bits per heavy atom. The Hall–Kier alpha value is -1.51. The van der Waals surface area contributed by atoms with Crippen LogP contribution in [-0.2, 0) is 11.2 Å². The minimum Gasteiger partial charge on any atom is -0.355 e. The van der Waals surface area contributed by atoms with Crippen LogP contribution in [0.1, 0.15) is 24.0 Å². The summed E-state index contributed by atoms with van der Waals surface area (Å²) in [4.78, 5) is 12.0. The van der Waals surface area contributed by atoms with E-state index in [0.29, 0.717) is 16.6 Å². The fourth-order valence-corrected chi connectivity index (χ4v) is 2.54. The normalized spacial score (nSPS) is 12.0. The summed E-state index contributed by atoms with van der Waals surface area (Å²) in [6, 6.07) is 15.3. The number of carbonyl (C=O) groups excluding carboxylic acids is 1. The summed E-state index contributed by atoms with van der Waals surface area (Å²) in [7, 11) is 0. The zero-order valence-electron chi connectivity index (χ0n) is 11.8. The number of rotatable bonds is 5. The van der Waals surface area contributed by atoms with Crippen molar-refractivity contribution in [1.29, 1.82) is 0 Å². The average molecular weight is 322 g/mol. The molecule has 0 aliphatic rings. The lowest BCUT2D eigenvalue weighted by molar-refractivity contribution is -0.120. The molecule has 2 nitrogen and oxygen atoms in total. The Bertz CT molecular complexity index is 613. The van der Waals surface area contributed by atoms with Crippen LogP contribution in [0.2, 0.25) is 10.0 Å². The first-order valence-electron chi connectivity index (χ1n) is 6.82. The van der Waals surface area contributed by atoms with Crippen LogP contribution in [0, 0.1) is 0 Å². The molecule has 1 amide bonds. The molecule has 1 atom stereocenters. The van der Waals surface area contributed by atoms with Gasteiger partial charge in [0.2, 0.25) is 5.91 Å². The standard InChI is InChI=1S/C17H17Cl2NO/c1-12(13-5-3-2-4-6-13)11-20-17(21)9-14-7-8-15(18)10-16(14)19/h2-8,10,12H,9,11H2,1H3,(H,20,21)/t12-/m1/s1. The smallest absolute Gasteiger partial charge is 0.224 e. The quantitative estimate of drug-likeness (QED) is 0.865. The third-order valence-electron chi connectivity index (χ3n) is 3.34. The Morgan fingerprint density at radius 2 is 1.86 bits per heavy atom. The molecule has 21 heavy (non-hydrogen) atoms. The molecule has 2 rings (SSSR count). The summed E-state index contributed by atoms with van der Waals surface area (Å²) >= 11 is 11.9. The maximum Gasteiger partial charge on any atom is 0.224 e. The lowest BCUT2D eigenvalue weighted by atomic mass is 10.0. The van der Waals surface area contributed by atoms with E-state index in [1.165, 1.54) is 5.56 Å². The third-order valence-corrected chi connectivity index (χ3v) is 3.93. The molecule has 0 aliphatic heterocycles. The molecule has 110 valence electrons. The first-order chi connectivity index (χ1) is 10.1. The van der Waals surface area contributed by atoms with Crippen LogP contribution < -0.4 is 5.32 Å². The second kappa shape index (κ2) is 7.48. The van der Waals surface area contributed by atoms with E-state index in [9.17, 15) is 4.79 Å². The van der Waals surface area contributed by atoms with Crippen LogP contribution in [0.4, 0.5) is 0 Å². The molecule has 0 saturated carbocycles. The summed E-state index contributed by atoms with van der Waals surface area (Å²) in [5, 5.41) is 4.03. The van der Waals surface area contributed by atoms with Crippen molar-refractivity contribution in [3.63, 3.8) is 0 Å². The molecule has 2 aromatic carbocycles. The molecule has 0 spiro atoms. The Balaban J connectivity index is 1.87. The second-order valence-electron chi connectivity index (χ2n) is 5.03. The van der Waals surface area contributed by atoms with Gasteiger partial charge in [-0.1, -0.05) is 66.5 Å². The van der Waals surface area contributed by atoms with Gasteiger partial charge in [0, 0.05) is 16.6 Å². The van der Waals surface area contributed by atoms with E-state index in [0.717, 1.165) is 5.56 Å². The highest BCUT2D eigenvalue weighted by Crippen LogP contribution is 2.21. The van der Waals surface area contributed by atoms with Crippen molar-refractivity contribution < 1.29 is 4.79 Å². The van der Waals surface area contributed by atoms with Gasteiger partial charge in [-0.05, 0) is 29.2 Å². The SMILES string of the molecule is C[C@H](CNC(=O)Cc1ccc(Cl)cc1Cl)c1ccccc1. The first kappa shape index (κ1) is 15.9. The number of hydrogen-bond acceptors (Lipinski definition) is 1. The summed E-state index contributed by atoms with van der Waals surface area (Å²) in [6.07, 6.45) is 0.261.